The lowest BCUT2D eigenvalue weighted by Gasteiger charge is -1.60. The first-order chi connectivity index (χ1) is 2.89. The average molecular weight is 81.1 g/mol. The Hall–Kier alpha value is -0.720. The minimum absolute atomic E-state index is 2.00. The molecule has 30 valence electrons. The maximum Gasteiger partial charge on any atom is 0.295 e. The van der Waals surface area contributed by atoms with E-state index in [-0.39, 0.29) is 0 Å². The Morgan fingerprint density at radius 1 is 1.67 bits per heavy atom. The maximum atomic E-state index is 2.00. The van der Waals surface area contributed by atoms with E-state index in [0.717, 1.165) is 0 Å². The number of allylic oxidation sites excluding steroid dienone is 1. The lowest BCUT2D eigenvalue weighted by Crippen LogP contribution is -1.88. The van der Waals surface area contributed by atoms with Crippen LogP contribution in [0.1, 0.15) is 0 Å². The van der Waals surface area contributed by atoms with Crippen LogP contribution in [0.2, 0.25) is 0 Å². The molecule has 1 heterocycles. The van der Waals surface area contributed by atoms with Crippen LogP contribution in [-0.4, -0.2) is 17.8 Å². The van der Waals surface area contributed by atoms with Gasteiger partial charge in [0.15, 0.2) is 13.1 Å². The first kappa shape index (κ1) is 3.47. The van der Waals surface area contributed by atoms with E-state index in [4.69, 9.17) is 0 Å². The van der Waals surface area contributed by atoms with Crippen molar-refractivity contribution in [2.45, 2.75) is 0 Å². The van der Waals surface area contributed by atoms with E-state index in [2.05, 4.69) is 0 Å². The summed E-state index contributed by atoms with van der Waals surface area (Å²) in [4.78, 5) is 0. The molecule has 0 spiro atoms. The molecule has 0 aromatic heterocycles. The molecule has 0 bridgehead atoms. The van der Waals surface area contributed by atoms with Crippen LogP contribution in [0.4, 0.5) is 0 Å². The molecular weight excluding hydrogens is 74.1 g/mol. The summed E-state index contributed by atoms with van der Waals surface area (Å²) in [6.45, 7) is 0. The largest absolute Gasteiger partial charge is 0.295 e. The highest BCUT2D eigenvalue weighted by Gasteiger charge is 2.03. The van der Waals surface area contributed by atoms with Gasteiger partial charge in [0.05, 0.1) is 0 Å². The molecule has 0 aromatic carbocycles. The van der Waals surface area contributed by atoms with Crippen molar-refractivity contribution in [3.63, 3.8) is 0 Å². The molecule has 1 rings (SSSR count). The predicted molar refractivity (Wildman–Crippen MR) is 25.7 cm³/mol. The first-order valence-corrected chi connectivity index (χ1v) is 1.96. The molecule has 0 N–H and O–H groups in total. The summed E-state index contributed by atoms with van der Waals surface area (Å²) in [5.41, 5.74) is 0. The molecule has 0 saturated heterocycles. The second kappa shape index (κ2) is 1.17. The lowest BCUT2D eigenvalue weighted by atomic mass is 10.5. The van der Waals surface area contributed by atoms with Gasteiger partial charge in [-0.3, -0.25) is 0 Å². The van der Waals surface area contributed by atoms with Gasteiger partial charge in [-0.25, -0.2) is 0 Å². The Bertz CT molecular complexity index is 97.8. The number of hydrogen-bond acceptors (Lipinski definition) is 0. The van der Waals surface area contributed by atoms with Crippen LogP contribution in [0.5, 0.6) is 0 Å². The number of nitrogens with zero attached hydrogens (tertiary/aromatic N) is 1. The van der Waals surface area contributed by atoms with Crippen LogP contribution in [0.25, 0.3) is 0 Å². The summed E-state index contributed by atoms with van der Waals surface area (Å²) < 4.78 is 2.00. The summed E-state index contributed by atoms with van der Waals surface area (Å²) in [6, 6.07) is 0. The molecule has 0 aliphatic carbocycles. The highest BCUT2D eigenvalue weighted by Crippen LogP contribution is 1.84. The van der Waals surface area contributed by atoms with Gasteiger partial charge in [0.25, 0.3) is 12.4 Å². The standard InChI is InChI=1S/C5H7N/c1-6-4-2-3-5-6/h2-5H,1H3/q+2. The van der Waals surface area contributed by atoms with Gasteiger partial charge in [0.1, 0.15) is 6.42 Å². The Morgan fingerprint density at radius 2 is 2.50 bits per heavy atom. The highest BCUT2D eigenvalue weighted by molar-refractivity contribution is 5.67. The zero-order valence-electron chi connectivity index (χ0n) is 3.76. The van der Waals surface area contributed by atoms with E-state index in [1.165, 1.54) is 0 Å². The second-order valence-electron chi connectivity index (χ2n) is 1.35. The molecule has 1 heteroatoms. The Morgan fingerprint density at radius 3 is 2.67 bits per heavy atom. The summed E-state index contributed by atoms with van der Waals surface area (Å²) in [5, 5.41) is 0. The van der Waals surface area contributed by atoms with Crippen molar-refractivity contribution >= 4 is 6.21 Å². The van der Waals surface area contributed by atoms with Crippen LogP contribution < -0.4 is 0 Å². The first-order valence-electron chi connectivity index (χ1n) is 1.96. The monoisotopic (exact) mass is 81.1 g/mol. The van der Waals surface area contributed by atoms with E-state index in [0.29, 0.717) is 0 Å². The Kier molecular flexibility index (Phi) is 0.675. The fourth-order valence-corrected chi connectivity index (χ4v) is 0.421. The molecule has 1 aliphatic heterocycles. The van der Waals surface area contributed by atoms with Crippen molar-refractivity contribution in [3.05, 3.63) is 18.7 Å². The zero-order chi connectivity index (χ0) is 4.41. The van der Waals surface area contributed by atoms with E-state index in [1.807, 2.05) is 36.5 Å². The quantitative estimate of drug-likeness (QED) is 0.294. The molecule has 0 atom stereocenters. The number of hydrogen-bond donors (Lipinski definition) is 0. The molecule has 0 saturated carbocycles. The summed E-state index contributed by atoms with van der Waals surface area (Å²) in [5.74, 6) is 0. The minimum Gasteiger partial charge on any atom is -0.108 e. The van der Waals surface area contributed by atoms with Gasteiger partial charge in [-0.2, -0.15) is 0 Å². The molecule has 1 aliphatic rings. The van der Waals surface area contributed by atoms with Crippen molar-refractivity contribution in [1.82, 2.24) is 0 Å². The van der Waals surface area contributed by atoms with Gasteiger partial charge in [-0.15, -0.1) is 4.58 Å². The van der Waals surface area contributed by atoms with Crippen LogP contribution in [-0.2, 0) is 0 Å². The number of rotatable bonds is 0. The van der Waals surface area contributed by atoms with E-state index in [1.54, 1.807) is 0 Å². The molecule has 0 radical (unpaired) electrons. The van der Waals surface area contributed by atoms with Crippen LogP contribution in [0.15, 0.2) is 12.3 Å². The second-order valence-corrected chi connectivity index (χ2v) is 1.35. The van der Waals surface area contributed by atoms with Crippen molar-refractivity contribution < 1.29 is 4.58 Å². The SMILES string of the molecule is C[N+]1=C[CH+]C=C1. The van der Waals surface area contributed by atoms with Crippen molar-refractivity contribution in [1.29, 1.82) is 0 Å². The topological polar surface area (TPSA) is 3.01 Å². The summed E-state index contributed by atoms with van der Waals surface area (Å²) in [7, 11) is 2.00. The smallest absolute Gasteiger partial charge is 0.108 e. The van der Waals surface area contributed by atoms with Crippen molar-refractivity contribution in [2.75, 3.05) is 7.05 Å². The zero-order valence-corrected chi connectivity index (χ0v) is 3.76. The van der Waals surface area contributed by atoms with Gasteiger partial charge in [-0.05, 0) is 0 Å². The van der Waals surface area contributed by atoms with Gasteiger partial charge in [0.2, 0.25) is 0 Å². The average Bonchev–Trinajstić information content (AvgIpc) is 1.86. The Balaban J connectivity index is 2.68. The normalized spacial score (nSPS) is 17.2. The van der Waals surface area contributed by atoms with Crippen molar-refractivity contribution in [2.24, 2.45) is 0 Å². The highest BCUT2D eigenvalue weighted by atomic mass is 14.9. The maximum absolute atomic E-state index is 2.00. The third kappa shape index (κ3) is 0.432. The van der Waals surface area contributed by atoms with Crippen LogP contribution in [0.3, 0.4) is 0 Å². The minimum atomic E-state index is 2.00. The van der Waals surface area contributed by atoms with Gasteiger partial charge in [0, 0.05) is 0 Å². The van der Waals surface area contributed by atoms with Crippen LogP contribution >= 0.6 is 0 Å². The van der Waals surface area contributed by atoms with Crippen molar-refractivity contribution in [3.8, 4) is 0 Å². The van der Waals surface area contributed by atoms with Crippen LogP contribution in [0, 0.1) is 6.42 Å². The third-order valence-corrected chi connectivity index (χ3v) is 0.754. The third-order valence-electron chi connectivity index (χ3n) is 0.754. The summed E-state index contributed by atoms with van der Waals surface area (Å²) >= 11 is 0. The molecule has 0 unspecified atom stereocenters. The molecule has 0 aromatic rings. The molecular formula is C5H7N+2. The lowest BCUT2D eigenvalue weighted by molar-refractivity contribution is -0.413. The Labute approximate surface area is 37.6 Å². The fourth-order valence-electron chi connectivity index (χ4n) is 0.421. The van der Waals surface area contributed by atoms with Gasteiger partial charge < -0.3 is 0 Å². The predicted octanol–water partition coefficient (Wildman–Crippen LogP) is 0.431. The van der Waals surface area contributed by atoms with E-state index in [9.17, 15) is 0 Å². The van der Waals surface area contributed by atoms with Gasteiger partial charge in [-0.1, -0.05) is 0 Å². The van der Waals surface area contributed by atoms with Gasteiger partial charge >= 0.3 is 0 Å². The molecule has 0 amide bonds. The van der Waals surface area contributed by atoms with E-state index < -0.39 is 0 Å². The summed E-state index contributed by atoms with van der Waals surface area (Å²) in [6.07, 6.45) is 8.00. The fraction of sp³-hybridized carbons (Fsp3) is 0.200. The molecule has 0 fully saturated rings. The van der Waals surface area contributed by atoms with E-state index >= 15 is 0 Å². The molecule has 1 nitrogen and oxygen atoms in total. The molecule has 6 heavy (non-hydrogen) atoms.